The second kappa shape index (κ2) is 26.2. The summed E-state index contributed by atoms with van der Waals surface area (Å²) in [6, 6.07) is 18.1. The Morgan fingerprint density at radius 2 is 1.21 bits per heavy atom. The normalized spacial score (nSPS) is 18.5. The van der Waals surface area contributed by atoms with Crippen LogP contribution in [0.5, 0.6) is 5.75 Å². The third-order valence-electron chi connectivity index (χ3n) is 7.56. The molecule has 2 aromatic rings. The number of hydrogen-bond donors (Lipinski definition) is 1. The Labute approximate surface area is 256 Å². The van der Waals surface area contributed by atoms with Crippen LogP contribution in [0.3, 0.4) is 0 Å². The molecule has 2 saturated heterocycles. The predicted octanol–water partition coefficient (Wildman–Crippen LogP) is 5.91. The highest BCUT2D eigenvalue weighted by atomic mass is 16.5. The van der Waals surface area contributed by atoms with Crippen LogP contribution in [-0.2, 0) is 16.1 Å². The van der Waals surface area contributed by atoms with Crippen molar-refractivity contribution < 1.29 is 19.6 Å². The monoisotopic (exact) mass is 573 g/mol. The zero-order chi connectivity index (χ0) is 31.4. The van der Waals surface area contributed by atoms with Gasteiger partial charge in [-0.15, -0.1) is 38.5 Å². The maximum atomic E-state index is 13.1. The van der Waals surface area contributed by atoms with Gasteiger partial charge in [0, 0.05) is 25.8 Å². The van der Waals surface area contributed by atoms with Gasteiger partial charge in [-0.1, -0.05) is 87.1 Å². The first-order valence-corrected chi connectivity index (χ1v) is 15.0. The summed E-state index contributed by atoms with van der Waals surface area (Å²) in [4.78, 5) is 15.1. The van der Waals surface area contributed by atoms with E-state index >= 15 is 0 Å². The summed E-state index contributed by atoms with van der Waals surface area (Å²) in [5.74, 6) is 1.48. The Kier molecular flexibility index (Phi) is 23.9. The Balaban J connectivity index is 0.000000760. The van der Waals surface area contributed by atoms with E-state index in [-0.39, 0.29) is 11.8 Å². The molecule has 2 aliphatic heterocycles. The molecule has 0 radical (unpaired) electrons. The van der Waals surface area contributed by atoms with E-state index in [1.165, 1.54) is 50.5 Å². The van der Waals surface area contributed by atoms with E-state index < -0.39 is 0 Å². The number of benzene rings is 2. The topological polar surface area (TPSA) is 55.4 Å². The minimum atomic E-state index is 0.0609. The number of ether oxygens (including phenoxy) is 2. The van der Waals surface area contributed by atoms with Crippen molar-refractivity contribution >= 4 is 5.91 Å². The minimum absolute atomic E-state index is 0.0609. The average Bonchev–Trinajstić information content (AvgIpc) is 3.60. The van der Waals surface area contributed by atoms with Crippen LogP contribution in [0.1, 0.15) is 74.8 Å². The molecule has 0 aromatic heterocycles. The number of carbonyl (C=O) groups excluding carboxylic acids is 1. The molecule has 1 unspecified atom stereocenters. The van der Waals surface area contributed by atoms with Crippen LogP contribution in [0.4, 0.5) is 0 Å². The zero-order valence-corrected chi connectivity index (χ0v) is 26.0. The number of carbonyl (C=O) groups is 1. The van der Waals surface area contributed by atoms with Crippen molar-refractivity contribution in [3.8, 4) is 44.3 Å². The lowest BCUT2D eigenvalue weighted by molar-refractivity contribution is -0.638. The van der Waals surface area contributed by atoms with E-state index in [1.54, 1.807) is 14.2 Å². The first-order chi connectivity index (χ1) is 20.8. The molecule has 42 heavy (non-hydrogen) atoms. The zero-order valence-electron chi connectivity index (χ0n) is 26.0. The van der Waals surface area contributed by atoms with E-state index in [9.17, 15) is 4.79 Å². The first kappa shape index (κ1) is 38.3. The smallest absolute Gasteiger partial charge is 0.232 e. The fraction of sp³-hybridized carbons (Fsp3) is 0.486. The number of methoxy groups -OCH3 is 2. The van der Waals surface area contributed by atoms with Gasteiger partial charge in [0.2, 0.25) is 5.91 Å². The molecule has 228 valence electrons. The molecule has 1 amide bonds. The third-order valence-corrected chi connectivity index (χ3v) is 7.56. The SMILES string of the molecule is C#C.C#C.C#C.C1CCCCC1.COCc1c(OC)cccc1[C@@H]1C[NH2+]CC1C(=O)N1CCCCC1.c1ccccc1. The van der Waals surface area contributed by atoms with Crippen molar-refractivity contribution in [1.29, 1.82) is 0 Å². The molecule has 2 heterocycles. The number of hydrogen-bond acceptors (Lipinski definition) is 3. The van der Waals surface area contributed by atoms with Gasteiger partial charge in [-0.25, -0.2) is 0 Å². The van der Waals surface area contributed by atoms with Gasteiger partial charge in [-0.05, 0) is 30.9 Å². The first-order valence-electron chi connectivity index (χ1n) is 15.0. The number of nitrogens with zero attached hydrogens (tertiary/aromatic N) is 1. The summed E-state index contributed by atoms with van der Waals surface area (Å²) in [6.07, 6.45) is 36.5. The molecule has 5 nitrogen and oxygen atoms in total. The van der Waals surface area contributed by atoms with Crippen molar-refractivity contribution in [2.24, 2.45) is 5.92 Å². The molecule has 2 N–H and O–H groups in total. The Morgan fingerprint density at radius 1 is 0.738 bits per heavy atom. The lowest BCUT2D eigenvalue weighted by Crippen LogP contribution is -2.81. The van der Waals surface area contributed by atoms with Gasteiger partial charge >= 0.3 is 0 Å². The summed E-state index contributed by atoms with van der Waals surface area (Å²) < 4.78 is 10.9. The van der Waals surface area contributed by atoms with Crippen LogP contribution < -0.4 is 10.1 Å². The van der Waals surface area contributed by atoms with Crippen molar-refractivity contribution in [1.82, 2.24) is 4.90 Å². The molecule has 2 aromatic carbocycles. The molecular formula is C37H53N2O3+. The highest BCUT2D eigenvalue weighted by Gasteiger charge is 2.40. The fourth-order valence-electron chi connectivity index (χ4n) is 5.61. The largest absolute Gasteiger partial charge is 0.496 e. The maximum Gasteiger partial charge on any atom is 0.232 e. The number of likely N-dealkylation sites (tertiary alicyclic amines) is 1. The fourth-order valence-corrected chi connectivity index (χ4v) is 5.61. The van der Waals surface area contributed by atoms with Gasteiger partial charge in [0.1, 0.15) is 5.75 Å². The van der Waals surface area contributed by atoms with E-state index in [0.717, 1.165) is 50.3 Å². The molecule has 2 atom stereocenters. The Morgan fingerprint density at radius 3 is 1.67 bits per heavy atom. The van der Waals surface area contributed by atoms with Crippen molar-refractivity contribution in [2.75, 3.05) is 40.4 Å². The summed E-state index contributed by atoms with van der Waals surface area (Å²) in [7, 11) is 3.39. The van der Waals surface area contributed by atoms with Crippen molar-refractivity contribution in [2.45, 2.75) is 70.3 Å². The van der Waals surface area contributed by atoms with Crippen LogP contribution in [0.25, 0.3) is 0 Å². The summed E-state index contributed by atoms with van der Waals surface area (Å²) >= 11 is 0. The number of amides is 1. The van der Waals surface area contributed by atoms with Crippen molar-refractivity contribution in [3.63, 3.8) is 0 Å². The highest BCUT2D eigenvalue weighted by Crippen LogP contribution is 2.34. The number of piperidine rings is 1. The van der Waals surface area contributed by atoms with E-state index in [4.69, 9.17) is 9.47 Å². The van der Waals surface area contributed by atoms with Gasteiger partial charge in [-0.2, -0.15) is 0 Å². The molecular weight excluding hydrogens is 520 g/mol. The van der Waals surface area contributed by atoms with Gasteiger partial charge in [0.05, 0.1) is 38.6 Å². The van der Waals surface area contributed by atoms with Crippen molar-refractivity contribution in [3.05, 3.63) is 65.7 Å². The summed E-state index contributed by atoms with van der Waals surface area (Å²) in [5, 5.41) is 2.27. The minimum Gasteiger partial charge on any atom is -0.496 e. The predicted molar refractivity (Wildman–Crippen MR) is 176 cm³/mol. The average molecular weight is 574 g/mol. The van der Waals surface area contributed by atoms with E-state index in [1.807, 2.05) is 48.5 Å². The summed E-state index contributed by atoms with van der Waals surface area (Å²) in [6.45, 7) is 4.19. The number of nitrogens with two attached hydrogens (primary N) is 1. The van der Waals surface area contributed by atoms with Crippen LogP contribution in [0, 0.1) is 44.5 Å². The molecule has 0 spiro atoms. The van der Waals surface area contributed by atoms with Crippen LogP contribution >= 0.6 is 0 Å². The second-order valence-corrected chi connectivity index (χ2v) is 10.1. The quantitative estimate of drug-likeness (QED) is 0.453. The Hall–Kier alpha value is -3.69. The van der Waals surface area contributed by atoms with Gasteiger partial charge in [-0.3, -0.25) is 4.79 Å². The lowest BCUT2D eigenvalue weighted by atomic mass is 9.84. The Bertz CT molecular complexity index is 937. The molecule has 1 aliphatic carbocycles. The van der Waals surface area contributed by atoms with Gasteiger partial charge in [0.15, 0.2) is 0 Å². The summed E-state index contributed by atoms with van der Waals surface area (Å²) in [5.41, 5.74) is 2.29. The van der Waals surface area contributed by atoms with Crippen LogP contribution in [0.2, 0.25) is 0 Å². The number of terminal acetylenes is 3. The molecule has 3 fully saturated rings. The number of rotatable bonds is 5. The van der Waals surface area contributed by atoms with Crippen LogP contribution in [0.15, 0.2) is 54.6 Å². The molecule has 5 rings (SSSR count). The number of quaternary nitrogens is 1. The second-order valence-electron chi connectivity index (χ2n) is 10.1. The van der Waals surface area contributed by atoms with E-state index in [0.29, 0.717) is 12.5 Å². The molecule has 3 aliphatic rings. The third kappa shape index (κ3) is 13.8. The maximum absolute atomic E-state index is 13.1. The van der Waals surface area contributed by atoms with Gasteiger partial charge in [0.25, 0.3) is 0 Å². The molecule has 5 heteroatoms. The van der Waals surface area contributed by atoms with Gasteiger partial charge < -0.3 is 19.7 Å². The van der Waals surface area contributed by atoms with E-state index in [2.05, 4.69) is 54.8 Å². The standard InChI is InChI=1S/C19H28N2O3.C6H12.C6H6.3C2H2/c1-23-13-17-14(7-6-8-18(17)24-2)15-11-20-12-16(15)19(22)21-9-4-3-5-10-21;2*1-2-4-6-5-3-1;3*1-2/h6-8,15-16,20H,3-5,9-13H2,1-2H3;1-6H2;1-6H;3*1-2H/p+1/t15-,16?;;;;;/m0...../s1. The molecule has 1 saturated carbocycles. The highest BCUT2D eigenvalue weighted by molar-refractivity contribution is 5.80. The van der Waals surface area contributed by atoms with Crippen LogP contribution in [-0.4, -0.2) is 51.2 Å². The molecule has 0 bridgehead atoms. The lowest BCUT2D eigenvalue weighted by Gasteiger charge is -2.30.